The maximum absolute atomic E-state index is 13.9. The number of halogens is 4. The Morgan fingerprint density at radius 2 is 1.64 bits per heavy atom. The van der Waals surface area contributed by atoms with Crippen LogP contribution < -0.4 is 15.1 Å². The van der Waals surface area contributed by atoms with Gasteiger partial charge in [0.25, 0.3) is 0 Å². The first-order valence-electron chi connectivity index (χ1n) is 12.6. The van der Waals surface area contributed by atoms with Crippen molar-refractivity contribution in [1.29, 1.82) is 0 Å². The molecule has 13 heteroatoms. The topological polar surface area (TPSA) is 88.5 Å². The zero-order valence-electron chi connectivity index (χ0n) is 21.3. The number of para-hydroxylation sites is 1. The number of anilines is 2. The van der Waals surface area contributed by atoms with Gasteiger partial charge >= 0.3 is 11.0 Å². The van der Waals surface area contributed by atoms with Gasteiger partial charge in [-0.05, 0) is 48.0 Å². The van der Waals surface area contributed by atoms with Crippen molar-refractivity contribution in [3.63, 3.8) is 0 Å². The fourth-order valence-electron chi connectivity index (χ4n) is 5.23. The van der Waals surface area contributed by atoms with Crippen LogP contribution in [0.1, 0.15) is 21.9 Å². The molecule has 3 amide bonds. The van der Waals surface area contributed by atoms with Crippen molar-refractivity contribution in [2.75, 3.05) is 10.2 Å². The smallest absolute Gasteiger partial charge is 0.325 e. The van der Waals surface area contributed by atoms with Crippen LogP contribution in [0.2, 0.25) is 0 Å². The molecule has 3 heterocycles. The highest BCUT2D eigenvalue weighted by atomic mass is 79.9. The Bertz CT molecular complexity index is 1770. The van der Waals surface area contributed by atoms with E-state index in [9.17, 15) is 32.3 Å². The third-order valence-electron chi connectivity index (χ3n) is 7.07. The van der Waals surface area contributed by atoms with Gasteiger partial charge in [-0.2, -0.15) is 13.2 Å². The Morgan fingerprint density at radius 3 is 2.33 bits per heavy atom. The van der Waals surface area contributed by atoms with E-state index in [1.54, 1.807) is 54.6 Å². The molecule has 0 aliphatic carbocycles. The van der Waals surface area contributed by atoms with E-state index in [4.69, 9.17) is 0 Å². The number of fused-ring (bicyclic) bond motifs is 2. The van der Waals surface area contributed by atoms with E-state index in [2.05, 4.69) is 21.2 Å². The average Bonchev–Trinajstić information content (AvgIpc) is 3.40. The van der Waals surface area contributed by atoms with Crippen LogP contribution in [-0.4, -0.2) is 27.5 Å². The van der Waals surface area contributed by atoms with Crippen LogP contribution in [0.15, 0.2) is 93.2 Å². The summed E-state index contributed by atoms with van der Waals surface area (Å²) in [6.45, 7) is -0.323. The second-order valence-corrected chi connectivity index (χ2v) is 12.7. The van der Waals surface area contributed by atoms with Crippen LogP contribution >= 0.6 is 39.0 Å². The maximum Gasteiger partial charge on any atom is 0.416 e. The van der Waals surface area contributed by atoms with E-state index in [1.165, 1.54) is 10.6 Å². The highest BCUT2D eigenvalue weighted by molar-refractivity contribution is 9.10. The summed E-state index contributed by atoms with van der Waals surface area (Å²) < 4.78 is 42.4. The van der Waals surface area contributed by atoms with Gasteiger partial charge in [-0.1, -0.05) is 75.4 Å². The number of carbonyl (C=O) groups is 3. The minimum absolute atomic E-state index is 0.174. The largest absolute Gasteiger partial charge is 0.416 e. The Hall–Kier alpha value is -3.68. The third kappa shape index (κ3) is 5.09. The lowest BCUT2D eigenvalue weighted by molar-refractivity contribution is -0.137. The van der Waals surface area contributed by atoms with E-state index in [0.29, 0.717) is 21.2 Å². The Balaban J connectivity index is 1.42. The summed E-state index contributed by atoms with van der Waals surface area (Å²) >= 11 is 5.28. The van der Waals surface area contributed by atoms with Crippen LogP contribution in [0, 0.1) is 5.92 Å². The molecule has 3 aromatic carbocycles. The summed E-state index contributed by atoms with van der Waals surface area (Å²) in [6, 6.07) is 19.9. The molecule has 42 heavy (non-hydrogen) atoms. The highest BCUT2D eigenvalue weighted by Gasteiger charge is 2.57. The van der Waals surface area contributed by atoms with E-state index in [1.807, 2.05) is 0 Å². The van der Waals surface area contributed by atoms with Gasteiger partial charge in [0.05, 0.1) is 22.2 Å². The molecule has 1 saturated heterocycles. The molecule has 2 aliphatic rings. The molecule has 0 saturated carbocycles. The van der Waals surface area contributed by atoms with E-state index in [0.717, 1.165) is 50.7 Å². The number of nitrogens with zero attached hydrogens (tertiary/aromatic N) is 2. The molecule has 2 aliphatic heterocycles. The molecule has 7 nitrogen and oxygen atoms in total. The van der Waals surface area contributed by atoms with Crippen LogP contribution in [0.4, 0.5) is 24.5 Å². The number of benzene rings is 3. The van der Waals surface area contributed by atoms with E-state index in [-0.39, 0.29) is 12.2 Å². The lowest BCUT2D eigenvalue weighted by Gasteiger charge is -2.30. The van der Waals surface area contributed by atoms with Gasteiger partial charge in [-0.15, -0.1) is 0 Å². The standard InChI is InChI=1S/C29H19BrF3N3O4S2/c30-17-11-9-15(10-12-17)21-22-23(26(39)36(25(22)38)19-8-4-5-16(13-19)29(31,32)33)41-27-24(21)42-28(40)35(27)14-20(37)34-18-6-2-1-3-7-18/h1-13,21-23H,14H2,(H,34,37)/t21-,22-,23+/m0/s1. The fraction of sp³-hybridized carbons (Fsp3) is 0.172. The van der Waals surface area contributed by atoms with Crippen molar-refractivity contribution in [3.8, 4) is 0 Å². The van der Waals surface area contributed by atoms with Crippen molar-refractivity contribution in [2.24, 2.45) is 5.92 Å². The predicted molar refractivity (Wildman–Crippen MR) is 157 cm³/mol. The maximum atomic E-state index is 13.9. The fourth-order valence-corrected chi connectivity index (χ4v) is 8.26. The van der Waals surface area contributed by atoms with Crippen LogP contribution in [0.25, 0.3) is 0 Å². The lowest BCUT2D eigenvalue weighted by atomic mass is 9.83. The van der Waals surface area contributed by atoms with Gasteiger partial charge in [-0.25, -0.2) is 4.90 Å². The Kier molecular flexibility index (Phi) is 7.36. The Morgan fingerprint density at radius 1 is 0.929 bits per heavy atom. The highest BCUT2D eigenvalue weighted by Crippen LogP contribution is 2.54. The number of carbonyl (C=O) groups excluding carboxylic acids is 3. The molecule has 0 unspecified atom stereocenters. The zero-order chi connectivity index (χ0) is 29.8. The van der Waals surface area contributed by atoms with Gasteiger partial charge in [0.15, 0.2) is 0 Å². The van der Waals surface area contributed by atoms with Gasteiger partial charge in [0.1, 0.15) is 11.8 Å². The number of hydrogen-bond donors (Lipinski definition) is 1. The summed E-state index contributed by atoms with van der Waals surface area (Å²) in [5, 5.41) is 2.10. The number of amides is 3. The normalized spacial score (nSPS) is 19.9. The molecule has 0 spiro atoms. The van der Waals surface area contributed by atoms with Crippen molar-refractivity contribution in [2.45, 2.75) is 28.9 Å². The Labute approximate surface area is 253 Å². The molecular weight excluding hydrogens is 655 g/mol. The van der Waals surface area contributed by atoms with Gasteiger partial charge in [-0.3, -0.25) is 23.7 Å². The number of imide groups is 1. The summed E-state index contributed by atoms with van der Waals surface area (Å²) in [5.74, 6) is -3.49. The first-order valence-corrected chi connectivity index (χ1v) is 15.1. The van der Waals surface area contributed by atoms with Crippen molar-refractivity contribution in [3.05, 3.63) is 109 Å². The lowest BCUT2D eigenvalue weighted by Crippen LogP contribution is -2.33. The number of aromatic nitrogens is 1. The first kappa shape index (κ1) is 28.4. The number of alkyl halides is 3. The van der Waals surface area contributed by atoms with Gasteiger partial charge < -0.3 is 5.32 Å². The number of rotatable bonds is 5. The van der Waals surface area contributed by atoms with Crippen LogP contribution in [0.3, 0.4) is 0 Å². The summed E-state index contributed by atoms with van der Waals surface area (Å²) in [5.41, 5.74) is 0.0506. The summed E-state index contributed by atoms with van der Waals surface area (Å²) in [6.07, 6.45) is -4.66. The molecule has 3 atom stereocenters. The number of hydrogen-bond acceptors (Lipinski definition) is 6. The van der Waals surface area contributed by atoms with Crippen molar-refractivity contribution >= 4 is 68.1 Å². The second kappa shape index (κ2) is 10.9. The minimum atomic E-state index is -4.66. The second-order valence-electron chi connectivity index (χ2n) is 9.69. The molecule has 0 bridgehead atoms. The molecule has 1 N–H and O–H groups in total. The number of thiazole rings is 1. The molecule has 214 valence electrons. The van der Waals surface area contributed by atoms with E-state index >= 15 is 0 Å². The van der Waals surface area contributed by atoms with Crippen molar-refractivity contribution < 1.29 is 27.6 Å². The SMILES string of the molecule is O=C(Cn1c2c(sc1=O)[C@@H](c1ccc(Br)cc1)[C@@H]1C(=O)N(c3cccc(C(F)(F)F)c3)C(=O)[C@@H]1S2)Nc1ccccc1. The molecule has 1 aromatic heterocycles. The average molecular weight is 675 g/mol. The minimum Gasteiger partial charge on any atom is -0.325 e. The summed E-state index contributed by atoms with van der Waals surface area (Å²) in [7, 11) is 0. The first-order chi connectivity index (χ1) is 20.0. The van der Waals surface area contributed by atoms with Crippen LogP contribution in [-0.2, 0) is 27.1 Å². The third-order valence-corrected chi connectivity index (χ3v) is 10.2. The molecular formula is C29H19BrF3N3O4S2. The monoisotopic (exact) mass is 673 g/mol. The van der Waals surface area contributed by atoms with Gasteiger partial charge in [0, 0.05) is 21.0 Å². The number of thioether (sulfide) groups is 1. The van der Waals surface area contributed by atoms with Crippen molar-refractivity contribution in [1.82, 2.24) is 4.57 Å². The predicted octanol–water partition coefficient (Wildman–Crippen LogP) is 6.13. The summed E-state index contributed by atoms with van der Waals surface area (Å²) in [4.78, 5) is 54.7. The quantitative estimate of drug-likeness (QED) is 0.258. The molecule has 6 rings (SSSR count). The molecule has 4 aromatic rings. The zero-order valence-corrected chi connectivity index (χ0v) is 24.5. The molecule has 1 fully saturated rings. The molecule has 0 radical (unpaired) electrons. The van der Waals surface area contributed by atoms with Crippen LogP contribution in [0.5, 0.6) is 0 Å². The van der Waals surface area contributed by atoms with Gasteiger partial charge in [0.2, 0.25) is 17.7 Å². The van der Waals surface area contributed by atoms with E-state index < -0.39 is 51.4 Å². The number of nitrogens with one attached hydrogen (secondary N) is 1.